The Bertz CT molecular complexity index is 1210. The van der Waals surface area contributed by atoms with Crippen LogP contribution in [0.5, 0.6) is 5.75 Å². The second kappa shape index (κ2) is 9.04. The Morgan fingerprint density at radius 1 is 1.06 bits per heavy atom. The standard InChI is InChI=1S/C23H19Cl2F3N4O4/c24-15-8-13(36-23(26,27)28)9-16(25)19(15)29-21(34)30-6-7-31-18(11-30)20(33)32(22(31)35)17-10-14(17)12-4-2-1-3-5-12/h1-5,8-9,14,17-18H,6-7,10-11H2,(H,29,34)/t14-,17+,18?/m1/s1. The number of nitrogens with one attached hydrogen (secondary N) is 1. The first-order valence-electron chi connectivity index (χ1n) is 11.0. The van der Waals surface area contributed by atoms with Gasteiger partial charge in [-0.2, -0.15) is 0 Å². The van der Waals surface area contributed by atoms with Crippen molar-refractivity contribution in [2.75, 3.05) is 25.0 Å². The van der Waals surface area contributed by atoms with Gasteiger partial charge >= 0.3 is 18.4 Å². The van der Waals surface area contributed by atoms with E-state index in [0.717, 1.165) is 17.7 Å². The predicted molar refractivity (Wildman–Crippen MR) is 124 cm³/mol. The Morgan fingerprint density at radius 2 is 1.72 bits per heavy atom. The fourth-order valence-electron chi connectivity index (χ4n) is 4.68. The van der Waals surface area contributed by atoms with Crippen LogP contribution in [0.15, 0.2) is 42.5 Å². The van der Waals surface area contributed by atoms with Gasteiger partial charge in [-0.25, -0.2) is 9.59 Å². The van der Waals surface area contributed by atoms with E-state index in [2.05, 4.69) is 10.1 Å². The van der Waals surface area contributed by atoms with Crippen LogP contribution in [-0.4, -0.2) is 70.7 Å². The molecule has 13 heteroatoms. The zero-order chi connectivity index (χ0) is 25.8. The molecule has 2 heterocycles. The van der Waals surface area contributed by atoms with Gasteiger partial charge in [0.05, 0.1) is 22.3 Å². The van der Waals surface area contributed by atoms with Crippen molar-refractivity contribution >= 4 is 46.9 Å². The van der Waals surface area contributed by atoms with E-state index in [-0.39, 0.29) is 59.3 Å². The van der Waals surface area contributed by atoms with Gasteiger partial charge in [-0.05, 0) is 12.0 Å². The second-order valence-electron chi connectivity index (χ2n) is 8.71. The molecule has 1 saturated carbocycles. The summed E-state index contributed by atoms with van der Waals surface area (Å²) in [6, 6.07) is 9.36. The van der Waals surface area contributed by atoms with Crippen LogP contribution in [0.3, 0.4) is 0 Å². The number of ether oxygens (including phenoxy) is 1. The average molecular weight is 543 g/mol. The van der Waals surface area contributed by atoms with Crippen LogP contribution in [0.4, 0.5) is 28.4 Å². The summed E-state index contributed by atoms with van der Waals surface area (Å²) in [4.78, 5) is 43.1. The van der Waals surface area contributed by atoms with E-state index in [9.17, 15) is 27.6 Å². The number of carbonyl (C=O) groups excluding carboxylic acids is 3. The quantitative estimate of drug-likeness (QED) is 0.555. The van der Waals surface area contributed by atoms with E-state index >= 15 is 0 Å². The number of amides is 5. The molecule has 2 aromatic rings. The fourth-order valence-corrected chi connectivity index (χ4v) is 5.24. The number of piperazine rings is 1. The molecule has 0 radical (unpaired) electrons. The van der Waals surface area contributed by atoms with Crippen molar-refractivity contribution in [1.82, 2.24) is 14.7 Å². The minimum Gasteiger partial charge on any atom is -0.406 e. The first-order chi connectivity index (χ1) is 17.0. The van der Waals surface area contributed by atoms with Gasteiger partial charge in [0.2, 0.25) is 0 Å². The van der Waals surface area contributed by atoms with Gasteiger partial charge in [0.25, 0.3) is 5.91 Å². The molecule has 3 atom stereocenters. The Morgan fingerprint density at radius 3 is 2.36 bits per heavy atom. The summed E-state index contributed by atoms with van der Waals surface area (Å²) in [6.45, 7) is 0.258. The van der Waals surface area contributed by atoms with Gasteiger partial charge in [-0.3, -0.25) is 9.69 Å². The van der Waals surface area contributed by atoms with Crippen molar-refractivity contribution in [3.05, 3.63) is 58.1 Å². The molecule has 5 rings (SSSR count). The number of hydrogen-bond acceptors (Lipinski definition) is 4. The maximum Gasteiger partial charge on any atom is 0.573 e. The lowest BCUT2D eigenvalue weighted by Crippen LogP contribution is -2.55. The average Bonchev–Trinajstić information content (AvgIpc) is 3.56. The monoisotopic (exact) mass is 542 g/mol. The molecular formula is C23H19Cl2F3N4O4. The summed E-state index contributed by atoms with van der Waals surface area (Å²) in [5.41, 5.74) is 0.966. The zero-order valence-corrected chi connectivity index (χ0v) is 20.0. The van der Waals surface area contributed by atoms with Gasteiger partial charge in [-0.15, -0.1) is 13.2 Å². The summed E-state index contributed by atoms with van der Waals surface area (Å²) in [7, 11) is 0. The highest BCUT2D eigenvalue weighted by Gasteiger charge is 2.56. The summed E-state index contributed by atoms with van der Waals surface area (Å²) >= 11 is 12.0. The van der Waals surface area contributed by atoms with Crippen molar-refractivity contribution in [3.63, 3.8) is 0 Å². The van der Waals surface area contributed by atoms with Gasteiger partial charge in [0.1, 0.15) is 11.8 Å². The van der Waals surface area contributed by atoms with Gasteiger partial charge in [0.15, 0.2) is 0 Å². The molecule has 3 aliphatic rings. The topological polar surface area (TPSA) is 82.2 Å². The number of fused-ring (bicyclic) bond motifs is 1. The van der Waals surface area contributed by atoms with Gasteiger partial charge in [0, 0.05) is 37.2 Å². The number of carbonyl (C=O) groups is 3. The first-order valence-corrected chi connectivity index (χ1v) is 11.8. The lowest BCUT2D eigenvalue weighted by molar-refractivity contribution is -0.274. The Labute approximate surface area is 213 Å². The molecule has 1 N–H and O–H groups in total. The Kier molecular flexibility index (Phi) is 6.16. The van der Waals surface area contributed by atoms with Crippen LogP contribution in [0.25, 0.3) is 0 Å². The Balaban J connectivity index is 1.25. The number of urea groups is 2. The minimum absolute atomic E-state index is 0.0415. The smallest absolute Gasteiger partial charge is 0.406 e. The number of rotatable bonds is 4. The van der Waals surface area contributed by atoms with Crippen LogP contribution in [0.1, 0.15) is 17.9 Å². The van der Waals surface area contributed by atoms with Crippen molar-refractivity contribution in [1.29, 1.82) is 0 Å². The molecule has 2 aromatic carbocycles. The van der Waals surface area contributed by atoms with E-state index in [1.165, 1.54) is 14.7 Å². The molecule has 0 bridgehead atoms. The molecule has 36 heavy (non-hydrogen) atoms. The van der Waals surface area contributed by atoms with Crippen LogP contribution in [0, 0.1) is 0 Å². The number of nitrogens with zero attached hydrogens (tertiary/aromatic N) is 3. The van der Waals surface area contributed by atoms with Crippen LogP contribution >= 0.6 is 23.2 Å². The summed E-state index contributed by atoms with van der Waals surface area (Å²) < 4.78 is 41.2. The van der Waals surface area contributed by atoms with Crippen LogP contribution in [0.2, 0.25) is 10.0 Å². The number of imide groups is 1. The third-order valence-corrected chi connectivity index (χ3v) is 7.04. The first kappa shape index (κ1) is 24.5. The molecule has 5 amide bonds. The summed E-state index contributed by atoms with van der Waals surface area (Å²) in [6.07, 6.45) is -4.24. The van der Waals surface area contributed by atoms with Crippen molar-refractivity contribution < 1.29 is 32.3 Å². The maximum atomic E-state index is 13.2. The van der Waals surface area contributed by atoms with E-state index in [1.54, 1.807) is 0 Å². The van der Waals surface area contributed by atoms with Crippen molar-refractivity contribution in [2.24, 2.45) is 0 Å². The Hall–Kier alpha value is -3.18. The highest BCUT2D eigenvalue weighted by atomic mass is 35.5. The number of benzene rings is 2. The molecule has 190 valence electrons. The molecule has 8 nitrogen and oxygen atoms in total. The van der Waals surface area contributed by atoms with E-state index in [4.69, 9.17) is 23.2 Å². The SMILES string of the molecule is O=C(Nc1c(Cl)cc(OC(F)(F)F)cc1Cl)N1CCN2C(=O)N([C@H]3C[C@@H]3c3ccccc3)C(=O)C2C1. The highest BCUT2D eigenvalue weighted by Crippen LogP contribution is 2.47. The molecule has 1 unspecified atom stereocenters. The zero-order valence-electron chi connectivity index (χ0n) is 18.5. The minimum atomic E-state index is -4.93. The molecular weight excluding hydrogens is 524 g/mol. The predicted octanol–water partition coefficient (Wildman–Crippen LogP) is 4.93. The maximum absolute atomic E-state index is 13.2. The molecule has 2 aliphatic heterocycles. The number of anilines is 1. The molecule has 3 fully saturated rings. The van der Waals surface area contributed by atoms with Crippen molar-refractivity contribution in [2.45, 2.75) is 30.8 Å². The lowest BCUT2D eigenvalue weighted by Gasteiger charge is -2.35. The highest BCUT2D eigenvalue weighted by molar-refractivity contribution is 6.40. The van der Waals surface area contributed by atoms with Gasteiger partial charge < -0.3 is 19.9 Å². The summed E-state index contributed by atoms with van der Waals surface area (Å²) in [5.74, 6) is -0.896. The van der Waals surface area contributed by atoms with E-state index in [1.807, 2.05) is 30.3 Å². The van der Waals surface area contributed by atoms with Crippen LogP contribution in [-0.2, 0) is 4.79 Å². The van der Waals surface area contributed by atoms with Gasteiger partial charge in [-0.1, -0.05) is 53.5 Å². The van der Waals surface area contributed by atoms with Crippen molar-refractivity contribution in [3.8, 4) is 5.75 Å². The molecule has 2 saturated heterocycles. The summed E-state index contributed by atoms with van der Waals surface area (Å²) in [5, 5.41) is 1.96. The van der Waals surface area contributed by atoms with Crippen LogP contribution < -0.4 is 10.1 Å². The molecule has 0 spiro atoms. The van der Waals surface area contributed by atoms with E-state index < -0.39 is 24.2 Å². The van der Waals surface area contributed by atoms with E-state index in [0.29, 0.717) is 6.42 Å². The number of hydrogen-bond donors (Lipinski definition) is 1. The molecule has 0 aromatic heterocycles. The number of halogens is 5. The molecule has 1 aliphatic carbocycles. The number of alkyl halides is 3. The lowest BCUT2D eigenvalue weighted by atomic mass is 10.1. The fraction of sp³-hybridized carbons (Fsp3) is 0.348. The largest absolute Gasteiger partial charge is 0.573 e. The third kappa shape index (κ3) is 4.64. The third-order valence-electron chi connectivity index (χ3n) is 6.44. The normalized spacial score (nSPS) is 23.6. The second-order valence-corrected chi connectivity index (χ2v) is 9.52.